The van der Waals surface area contributed by atoms with E-state index in [0.717, 1.165) is 4.31 Å². The maximum absolute atomic E-state index is 13.1. The second-order valence-electron chi connectivity index (χ2n) is 8.21. The normalized spacial score (nSPS) is 17.4. The number of benzene rings is 2. The smallest absolute Gasteiger partial charge is 0.243 e. The van der Waals surface area contributed by atoms with Crippen LogP contribution in [0.2, 0.25) is 0 Å². The fourth-order valence-electron chi connectivity index (χ4n) is 3.60. The van der Waals surface area contributed by atoms with Gasteiger partial charge in [-0.05, 0) is 61.4 Å². The lowest BCUT2D eigenvalue weighted by molar-refractivity contribution is -0.121. The molecule has 1 saturated heterocycles. The van der Waals surface area contributed by atoms with E-state index in [-0.39, 0.29) is 34.7 Å². The second-order valence-corrected chi connectivity index (χ2v) is 12.3. The van der Waals surface area contributed by atoms with Gasteiger partial charge in [0.1, 0.15) is 0 Å². The molecule has 1 aliphatic rings. The number of anilines is 2. The van der Waals surface area contributed by atoms with Gasteiger partial charge in [0.2, 0.25) is 31.9 Å². The van der Waals surface area contributed by atoms with Gasteiger partial charge in [-0.25, -0.2) is 21.1 Å². The van der Waals surface area contributed by atoms with Gasteiger partial charge in [0.15, 0.2) is 0 Å². The van der Waals surface area contributed by atoms with Crippen LogP contribution in [-0.4, -0.2) is 64.4 Å². The number of hydrogen-bond acceptors (Lipinski definition) is 6. The molecule has 2 amide bonds. The summed E-state index contributed by atoms with van der Waals surface area (Å²) in [6, 6.07) is 11.7. The molecule has 0 bridgehead atoms. The predicted molar refractivity (Wildman–Crippen MR) is 128 cm³/mol. The molecule has 3 rings (SSSR count). The summed E-state index contributed by atoms with van der Waals surface area (Å²) < 4.78 is 53.0. The molecule has 0 aliphatic carbocycles. The average Bonchev–Trinajstić information content (AvgIpc) is 2.80. The summed E-state index contributed by atoms with van der Waals surface area (Å²) in [6.07, 6.45) is 1.06. The van der Waals surface area contributed by atoms with Gasteiger partial charge in [-0.2, -0.15) is 4.31 Å². The first-order valence-corrected chi connectivity index (χ1v) is 13.5. The van der Waals surface area contributed by atoms with Crippen molar-refractivity contribution >= 4 is 43.2 Å². The van der Waals surface area contributed by atoms with Crippen LogP contribution in [0.4, 0.5) is 11.4 Å². The minimum atomic E-state index is -3.90. The third-order valence-electron chi connectivity index (χ3n) is 5.47. The largest absolute Gasteiger partial charge is 0.326 e. The van der Waals surface area contributed by atoms with E-state index in [9.17, 15) is 26.4 Å². The molecular weight excluding hydrogens is 480 g/mol. The van der Waals surface area contributed by atoms with E-state index in [4.69, 9.17) is 0 Å². The van der Waals surface area contributed by atoms with Crippen molar-refractivity contribution in [2.24, 2.45) is 5.92 Å². The Kier molecular flexibility index (Phi) is 7.76. The van der Waals surface area contributed by atoms with E-state index >= 15 is 0 Å². The molecule has 0 radical (unpaired) electrons. The van der Waals surface area contributed by atoms with Crippen LogP contribution in [0.25, 0.3) is 0 Å². The fraction of sp³-hybridized carbons (Fsp3) is 0.364. The molecule has 0 saturated carbocycles. The van der Waals surface area contributed by atoms with Gasteiger partial charge in [-0.3, -0.25) is 9.59 Å². The van der Waals surface area contributed by atoms with Crippen LogP contribution in [0.15, 0.2) is 58.3 Å². The zero-order valence-corrected chi connectivity index (χ0v) is 20.8. The van der Waals surface area contributed by atoms with Gasteiger partial charge in [0.25, 0.3) is 0 Å². The lowest BCUT2D eigenvalue weighted by Gasteiger charge is -2.31. The molecule has 34 heavy (non-hydrogen) atoms. The lowest BCUT2D eigenvalue weighted by Crippen LogP contribution is -2.43. The number of nitrogens with zero attached hydrogens (tertiary/aromatic N) is 2. The zero-order valence-electron chi connectivity index (χ0n) is 19.2. The Labute approximate surface area is 200 Å². The number of hydrogen-bond donors (Lipinski definition) is 2. The monoisotopic (exact) mass is 508 g/mol. The summed E-state index contributed by atoms with van der Waals surface area (Å²) in [6.45, 7) is 1.70. The molecule has 0 spiro atoms. The van der Waals surface area contributed by atoms with Gasteiger partial charge < -0.3 is 10.6 Å². The fourth-order valence-corrected chi connectivity index (χ4v) is 6.03. The van der Waals surface area contributed by atoms with Crippen LogP contribution in [0.1, 0.15) is 19.8 Å². The van der Waals surface area contributed by atoms with E-state index in [1.54, 1.807) is 24.3 Å². The Morgan fingerprint density at radius 3 is 1.94 bits per heavy atom. The highest BCUT2D eigenvalue weighted by molar-refractivity contribution is 7.89. The van der Waals surface area contributed by atoms with Gasteiger partial charge in [-0.15, -0.1) is 0 Å². The van der Waals surface area contributed by atoms with Crippen molar-refractivity contribution in [2.45, 2.75) is 29.6 Å². The van der Waals surface area contributed by atoms with Crippen LogP contribution in [0.3, 0.4) is 0 Å². The van der Waals surface area contributed by atoms with Crippen molar-refractivity contribution in [1.29, 1.82) is 0 Å². The highest BCUT2D eigenvalue weighted by atomic mass is 32.2. The predicted octanol–water partition coefficient (Wildman–Crippen LogP) is 1.93. The van der Waals surface area contributed by atoms with Crippen LogP contribution < -0.4 is 10.6 Å². The molecule has 10 nitrogen and oxygen atoms in total. The van der Waals surface area contributed by atoms with E-state index in [1.165, 1.54) is 49.6 Å². The number of carbonyl (C=O) groups excluding carboxylic acids is 2. The van der Waals surface area contributed by atoms with Crippen molar-refractivity contribution in [3.8, 4) is 0 Å². The van der Waals surface area contributed by atoms with Crippen molar-refractivity contribution in [2.75, 3.05) is 37.8 Å². The minimum Gasteiger partial charge on any atom is -0.326 e. The van der Waals surface area contributed by atoms with Crippen LogP contribution in [-0.2, 0) is 29.6 Å². The van der Waals surface area contributed by atoms with E-state index < -0.39 is 26.0 Å². The molecular formula is C22H28N4O6S2. The van der Waals surface area contributed by atoms with Crippen LogP contribution in [0, 0.1) is 5.92 Å². The first kappa shape index (κ1) is 25.8. The molecule has 1 heterocycles. The standard InChI is InChI=1S/C22H28N4O6S2/c1-16(27)23-18-6-8-19(9-7-18)24-22(28)17-5-4-14-26(15-17)34(31,32)21-12-10-20(11-13-21)33(29,30)25(2)3/h6-13,17H,4-5,14-15H2,1-3H3,(H,23,27)(H,24,28). The first-order valence-electron chi connectivity index (χ1n) is 10.6. The summed E-state index contributed by atoms with van der Waals surface area (Å²) in [5.74, 6) is -1.03. The SMILES string of the molecule is CC(=O)Nc1ccc(NC(=O)C2CCCN(S(=O)(=O)c3ccc(S(=O)(=O)N(C)C)cc3)C2)cc1. The maximum Gasteiger partial charge on any atom is 0.243 e. The Hall–Kier alpha value is -2.80. The maximum atomic E-state index is 13.1. The van der Waals surface area contributed by atoms with Crippen molar-refractivity contribution in [3.63, 3.8) is 0 Å². The number of carbonyl (C=O) groups is 2. The molecule has 2 N–H and O–H groups in total. The molecule has 12 heteroatoms. The Morgan fingerprint density at radius 2 is 1.41 bits per heavy atom. The third-order valence-corrected chi connectivity index (χ3v) is 9.18. The van der Waals surface area contributed by atoms with Crippen molar-refractivity contribution < 1.29 is 26.4 Å². The van der Waals surface area contributed by atoms with Crippen LogP contribution >= 0.6 is 0 Å². The van der Waals surface area contributed by atoms with E-state index in [0.29, 0.717) is 24.2 Å². The Morgan fingerprint density at radius 1 is 0.882 bits per heavy atom. The molecule has 2 aromatic carbocycles. The topological polar surface area (TPSA) is 133 Å². The molecule has 2 aromatic rings. The number of amides is 2. The summed E-state index contributed by atoms with van der Waals surface area (Å²) in [4.78, 5) is 23.9. The number of piperidine rings is 1. The van der Waals surface area contributed by atoms with Crippen molar-refractivity contribution in [1.82, 2.24) is 8.61 Å². The van der Waals surface area contributed by atoms with Crippen LogP contribution in [0.5, 0.6) is 0 Å². The number of rotatable bonds is 7. The number of sulfonamides is 2. The molecule has 184 valence electrons. The highest BCUT2D eigenvalue weighted by Gasteiger charge is 2.33. The molecule has 1 fully saturated rings. The number of nitrogens with one attached hydrogen (secondary N) is 2. The average molecular weight is 509 g/mol. The highest BCUT2D eigenvalue weighted by Crippen LogP contribution is 2.26. The molecule has 1 atom stereocenters. The van der Waals surface area contributed by atoms with Gasteiger partial charge in [0.05, 0.1) is 15.7 Å². The minimum absolute atomic E-state index is 0.00290. The Balaban J connectivity index is 1.69. The molecule has 1 unspecified atom stereocenters. The third kappa shape index (κ3) is 5.81. The lowest BCUT2D eigenvalue weighted by atomic mass is 9.98. The second kappa shape index (κ2) is 10.2. The Bertz CT molecular complexity index is 1260. The molecule has 0 aromatic heterocycles. The summed E-state index contributed by atoms with van der Waals surface area (Å²) >= 11 is 0. The van der Waals surface area contributed by atoms with Crippen molar-refractivity contribution in [3.05, 3.63) is 48.5 Å². The summed E-state index contributed by atoms with van der Waals surface area (Å²) in [5.41, 5.74) is 1.14. The quantitative estimate of drug-likeness (QED) is 0.587. The first-order chi connectivity index (χ1) is 15.9. The van der Waals surface area contributed by atoms with Gasteiger partial charge >= 0.3 is 0 Å². The summed E-state index contributed by atoms with van der Waals surface area (Å²) in [5, 5.41) is 5.44. The zero-order chi connectivity index (χ0) is 25.1. The van der Waals surface area contributed by atoms with E-state index in [1.807, 2.05) is 0 Å². The molecule has 1 aliphatic heterocycles. The van der Waals surface area contributed by atoms with Gasteiger partial charge in [0, 0.05) is 45.5 Å². The van der Waals surface area contributed by atoms with Gasteiger partial charge in [-0.1, -0.05) is 0 Å². The summed E-state index contributed by atoms with van der Waals surface area (Å²) in [7, 11) is -4.77. The van der Waals surface area contributed by atoms with E-state index in [2.05, 4.69) is 10.6 Å².